The van der Waals surface area contributed by atoms with E-state index in [-0.39, 0.29) is 0 Å². The van der Waals surface area contributed by atoms with Crippen LogP contribution in [0, 0.1) is 0 Å². The molecule has 0 aromatic rings. The predicted octanol–water partition coefficient (Wildman–Crippen LogP) is 2.23. The smallest absolute Gasteiger partial charge is 0.0791 e. The highest BCUT2D eigenvalue weighted by atomic mass is 28.2. The average molecular weight is 211 g/mol. The molecule has 2 heteroatoms. The van der Waals surface area contributed by atoms with Crippen molar-refractivity contribution in [2.45, 2.75) is 76.3 Å². The van der Waals surface area contributed by atoms with E-state index in [1.165, 1.54) is 74.6 Å². The number of hydrogen-bond acceptors (Lipinski definition) is 1. The molecule has 0 N–H and O–H groups in total. The van der Waals surface area contributed by atoms with Crippen molar-refractivity contribution in [3.8, 4) is 0 Å². The van der Waals surface area contributed by atoms with Crippen LogP contribution < -0.4 is 0 Å². The summed E-state index contributed by atoms with van der Waals surface area (Å²) in [5, 5.41) is 0. The molecule has 2 rings (SSSR count). The first-order valence-electron chi connectivity index (χ1n) is 6.60. The topological polar surface area (TPSA) is 3.24 Å². The lowest BCUT2D eigenvalue weighted by atomic mass is 9.91. The molecule has 0 spiro atoms. The monoisotopic (exact) mass is 211 g/mol. The molecule has 0 aromatic heterocycles. The lowest BCUT2D eigenvalue weighted by Gasteiger charge is -2.39. The molecule has 0 saturated heterocycles. The van der Waals surface area contributed by atoms with Gasteiger partial charge in [-0.2, -0.15) is 0 Å². The third kappa shape index (κ3) is 2.60. The second-order valence-electron chi connectivity index (χ2n) is 5.25. The van der Waals surface area contributed by atoms with Gasteiger partial charge in [0.05, 0.1) is 10.4 Å². The zero-order valence-electron chi connectivity index (χ0n) is 9.67. The maximum Gasteiger partial charge on any atom is 0.0791 e. The van der Waals surface area contributed by atoms with Crippen LogP contribution in [0.1, 0.15) is 64.2 Å². The van der Waals surface area contributed by atoms with Crippen molar-refractivity contribution in [3.05, 3.63) is 0 Å². The molecule has 2 aliphatic carbocycles. The Bertz CT molecular complexity index is 142. The molecule has 0 aromatic carbocycles. The van der Waals surface area contributed by atoms with Crippen LogP contribution in [0.5, 0.6) is 0 Å². The summed E-state index contributed by atoms with van der Waals surface area (Å²) in [5.74, 6) is 0. The summed E-state index contributed by atoms with van der Waals surface area (Å²) in [4.78, 5) is 0. The van der Waals surface area contributed by atoms with E-state index < -0.39 is 0 Å². The molecule has 0 bridgehead atoms. The molecule has 82 valence electrons. The zero-order chi connectivity index (χ0) is 9.80. The summed E-state index contributed by atoms with van der Waals surface area (Å²) in [6.45, 7) is 0. The van der Waals surface area contributed by atoms with E-state index in [1.54, 1.807) is 0 Å². The molecule has 1 nitrogen and oxygen atoms in total. The molecule has 0 radical (unpaired) electrons. The summed E-state index contributed by atoms with van der Waals surface area (Å²) in [6, 6.07) is 1.97. The zero-order valence-corrected chi connectivity index (χ0v) is 11.7. The molecule has 2 aliphatic rings. The number of rotatable bonds is 2. The van der Waals surface area contributed by atoms with Gasteiger partial charge in [0, 0.05) is 12.1 Å². The Morgan fingerprint density at radius 2 is 1.00 bits per heavy atom. The highest BCUT2D eigenvalue weighted by Gasteiger charge is 2.24. The van der Waals surface area contributed by atoms with Crippen molar-refractivity contribution in [2.75, 3.05) is 0 Å². The maximum atomic E-state index is 2.86. The first-order valence-corrected chi connectivity index (χ1v) is 7.49. The van der Waals surface area contributed by atoms with Crippen LogP contribution in [0.25, 0.3) is 0 Å². The lowest BCUT2D eigenvalue weighted by Crippen LogP contribution is -2.43. The van der Waals surface area contributed by atoms with Gasteiger partial charge in [0.15, 0.2) is 0 Å². The fourth-order valence-electron chi connectivity index (χ4n) is 3.27. The van der Waals surface area contributed by atoms with Crippen molar-refractivity contribution >= 4 is 10.4 Å². The summed E-state index contributed by atoms with van der Waals surface area (Å²) < 4.78 is 2.86. The van der Waals surface area contributed by atoms with Crippen LogP contribution in [-0.4, -0.2) is 27.1 Å². The SMILES string of the molecule is [SiH3]N(C1CCCCC1)C1CCCCC1. The molecule has 0 heterocycles. The van der Waals surface area contributed by atoms with Gasteiger partial charge >= 0.3 is 0 Å². The van der Waals surface area contributed by atoms with E-state index in [9.17, 15) is 0 Å². The Balaban J connectivity index is 1.82. The van der Waals surface area contributed by atoms with E-state index in [4.69, 9.17) is 0 Å². The van der Waals surface area contributed by atoms with Crippen LogP contribution in [0.15, 0.2) is 0 Å². The quantitative estimate of drug-likeness (QED) is 0.633. The van der Waals surface area contributed by atoms with Gasteiger partial charge in [-0.1, -0.05) is 38.5 Å². The van der Waals surface area contributed by atoms with E-state index in [0.717, 1.165) is 12.1 Å². The molecule has 0 aliphatic heterocycles. The largest absolute Gasteiger partial charge is 0.327 e. The number of nitrogens with zero attached hydrogens (tertiary/aromatic N) is 1. The third-order valence-corrected chi connectivity index (χ3v) is 5.76. The van der Waals surface area contributed by atoms with Crippen molar-refractivity contribution in [2.24, 2.45) is 0 Å². The first-order chi connectivity index (χ1) is 6.88. The van der Waals surface area contributed by atoms with Crippen molar-refractivity contribution in [3.63, 3.8) is 0 Å². The molecule has 2 saturated carbocycles. The van der Waals surface area contributed by atoms with Gasteiger partial charge in [-0.25, -0.2) is 0 Å². The fourth-order valence-corrected chi connectivity index (χ4v) is 4.31. The van der Waals surface area contributed by atoms with E-state index in [1.807, 2.05) is 0 Å². The van der Waals surface area contributed by atoms with Crippen LogP contribution >= 0.6 is 0 Å². The fraction of sp³-hybridized carbons (Fsp3) is 1.00. The van der Waals surface area contributed by atoms with Crippen molar-refractivity contribution < 1.29 is 0 Å². The molecule has 14 heavy (non-hydrogen) atoms. The number of hydrogen-bond donors (Lipinski definition) is 0. The van der Waals surface area contributed by atoms with Gasteiger partial charge in [0.2, 0.25) is 0 Å². The van der Waals surface area contributed by atoms with Crippen LogP contribution in [0.4, 0.5) is 0 Å². The lowest BCUT2D eigenvalue weighted by molar-refractivity contribution is 0.175. The molecular formula is C12H25NSi. The van der Waals surface area contributed by atoms with Crippen LogP contribution in [0.3, 0.4) is 0 Å². The highest BCUT2D eigenvalue weighted by Crippen LogP contribution is 2.28. The second-order valence-corrected chi connectivity index (χ2v) is 6.28. The standard InChI is InChI=1S/C12H25NSi/c14-13(11-7-3-1-4-8-11)12-9-5-2-6-10-12/h11-12H,1-10H2,14H3. The first kappa shape index (κ1) is 10.7. The summed E-state index contributed by atoms with van der Waals surface area (Å²) in [5.41, 5.74) is 0. The highest BCUT2D eigenvalue weighted by molar-refractivity contribution is 6.04. The minimum absolute atomic E-state index is 0.985. The van der Waals surface area contributed by atoms with Gasteiger partial charge in [0.1, 0.15) is 0 Å². The average Bonchev–Trinajstić information content (AvgIpc) is 2.30. The van der Waals surface area contributed by atoms with Crippen LogP contribution in [0.2, 0.25) is 0 Å². The van der Waals surface area contributed by atoms with Crippen LogP contribution in [-0.2, 0) is 0 Å². The molecule has 0 unspecified atom stereocenters. The summed E-state index contributed by atoms with van der Waals surface area (Å²) >= 11 is 0. The van der Waals surface area contributed by atoms with Crippen molar-refractivity contribution in [1.29, 1.82) is 0 Å². The predicted molar refractivity (Wildman–Crippen MR) is 65.5 cm³/mol. The normalized spacial score (nSPS) is 27.2. The third-order valence-electron chi connectivity index (χ3n) is 4.30. The van der Waals surface area contributed by atoms with Gasteiger partial charge in [-0.15, -0.1) is 0 Å². The van der Waals surface area contributed by atoms with Gasteiger partial charge < -0.3 is 4.57 Å². The van der Waals surface area contributed by atoms with E-state index in [0.29, 0.717) is 0 Å². The maximum absolute atomic E-state index is 2.86. The van der Waals surface area contributed by atoms with Gasteiger partial charge in [-0.05, 0) is 25.7 Å². The molecule has 0 amide bonds. The molecular weight excluding hydrogens is 186 g/mol. The second kappa shape index (κ2) is 5.31. The Morgan fingerprint density at radius 3 is 1.36 bits per heavy atom. The minimum Gasteiger partial charge on any atom is -0.327 e. The molecule has 0 atom stereocenters. The van der Waals surface area contributed by atoms with Gasteiger partial charge in [-0.3, -0.25) is 0 Å². The summed E-state index contributed by atoms with van der Waals surface area (Å²) in [7, 11) is 1.30. The Kier molecular flexibility index (Phi) is 4.06. The van der Waals surface area contributed by atoms with E-state index in [2.05, 4.69) is 4.57 Å². The Morgan fingerprint density at radius 1 is 0.643 bits per heavy atom. The summed E-state index contributed by atoms with van der Waals surface area (Å²) in [6.07, 6.45) is 15.0. The molecule has 2 fully saturated rings. The Hall–Kier alpha value is 0.177. The Labute approximate surface area is 91.8 Å². The van der Waals surface area contributed by atoms with E-state index >= 15 is 0 Å². The van der Waals surface area contributed by atoms with Gasteiger partial charge in [0.25, 0.3) is 0 Å². The van der Waals surface area contributed by atoms with Crippen molar-refractivity contribution in [1.82, 2.24) is 4.57 Å². The minimum atomic E-state index is 0.985.